The minimum Gasteiger partial charge on any atom is -0.496 e. The maximum absolute atomic E-state index is 14.9. The number of Topliss-reactive ketones (excluding diaryl/α,β-unsaturated/α-hetero) is 2. The summed E-state index contributed by atoms with van der Waals surface area (Å²) < 4.78 is 90.1. The third kappa shape index (κ3) is 18.6. The van der Waals surface area contributed by atoms with Gasteiger partial charge in [0.1, 0.15) is 50.4 Å². The second-order valence-electron chi connectivity index (χ2n) is 36.7. The summed E-state index contributed by atoms with van der Waals surface area (Å²) in [4.78, 5) is 123. The van der Waals surface area contributed by atoms with Crippen LogP contribution < -0.4 is 34.1 Å². The highest BCUT2D eigenvalue weighted by Crippen LogP contribution is 2.60. The van der Waals surface area contributed by atoms with Crippen molar-refractivity contribution in [1.82, 2.24) is 48.3 Å². The summed E-state index contributed by atoms with van der Waals surface area (Å²) in [5.74, 6) is -3.09. The number of rotatable bonds is 20. The standard InChI is InChI=1S/C49H61N5O9S2.C43H52N6O7S2.CH4/c1-30(2)54-37-20-15-19-35(43-50-36(29-64-43)34-18-13-14-21-40(34)61-7)42(37)51-46(54)62-33-25-38-39(55)27-49(45(58)52-65(59,60)48(6)22-23-48)26-32(49)17-12-10-8-9-11-16-31(44(57)53(38)28-33)24-41(56)63-47(3,4)5;1-26(2)49-33-17-12-15-30(38-45-32(25-57-38)29-14-10-11-18-36(29)55-4)37(33)46-41(49)56-28-21-34-35(50)23-43(40(52)47-58(53,54)42(3)19-20-42)22-27(43)13-8-6-5-7-9-16-31(44)39(51)48(34)24-28;/h12-15,17-21,29-33,38H,8-11,16,22-28H2,1-7H3,(H,52,58);8,10-15,17-18,25-28,31,34H,5-7,9,16,19-24,44H2,1-4H3,(H,47,52);1H4/b17-12-;13-8-;/t31-,32-,33-,38+,49-;27-,28-,31+,34+,43-;/m11./s1. The number of ether oxygens (including phenoxy) is 5. The number of sulfonamides is 2. The summed E-state index contributed by atoms with van der Waals surface area (Å²) in [5.41, 5.74) is 11.3. The van der Waals surface area contributed by atoms with Gasteiger partial charge in [0.15, 0.2) is 11.6 Å². The molecule has 0 radical (unpaired) electrons. The normalized spacial score (nSPS) is 25.7. The molecule has 2 saturated heterocycles. The Morgan fingerprint density at radius 1 is 0.565 bits per heavy atom. The third-order valence-electron chi connectivity index (χ3n) is 25.9. The Hall–Kier alpha value is -9.69. The zero-order valence-electron chi connectivity index (χ0n) is 71.9. The second kappa shape index (κ2) is 36.0. The number of nitrogens with two attached hydrogens (primary N) is 1. The molecule has 664 valence electrons. The molecule has 8 aliphatic rings. The number of nitrogens with zero attached hydrogens (tertiary/aromatic N) is 8. The average molecular weight is 1770 g/mol. The number of imidazole rings is 2. The Morgan fingerprint density at radius 2 is 0.984 bits per heavy atom. The van der Waals surface area contributed by atoms with Crippen LogP contribution in [0.15, 0.2) is 120 Å². The van der Waals surface area contributed by atoms with Crippen LogP contribution >= 0.6 is 22.7 Å². The summed E-state index contributed by atoms with van der Waals surface area (Å²) in [6.45, 7) is 16.9. The fourth-order valence-corrected chi connectivity index (χ4v) is 22.3. The molecule has 27 nitrogen and oxygen atoms in total. The minimum atomic E-state index is -3.97. The number of ketones is 2. The molecule has 4 aliphatic carbocycles. The molecule has 0 unspecified atom stereocenters. The first-order valence-corrected chi connectivity index (χ1v) is 48.0. The number of hydrogen-bond acceptors (Lipinski definition) is 23. The summed E-state index contributed by atoms with van der Waals surface area (Å²) in [6.07, 6.45) is 16.2. The smallest absolute Gasteiger partial charge is 0.307 e. The zero-order chi connectivity index (χ0) is 87.5. The minimum absolute atomic E-state index is 0. The van der Waals surface area contributed by atoms with Crippen molar-refractivity contribution >= 4 is 106 Å². The van der Waals surface area contributed by atoms with Gasteiger partial charge in [-0.3, -0.25) is 52.1 Å². The van der Waals surface area contributed by atoms with Crippen molar-refractivity contribution in [3.63, 3.8) is 0 Å². The summed E-state index contributed by atoms with van der Waals surface area (Å²) in [5, 5.41) is 5.54. The number of allylic oxidation sites excluding steroid dienone is 4. The van der Waals surface area contributed by atoms with Gasteiger partial charge >= 0.3 is 5.97 Å². The first kappa shape index (κ1) is 90.6. The molecule has 124 heavy (non-hydrogen) atoms. The fourth-order valence-electron chi connectivity index (χ4n) is 17.9. The van der Waals surface area contributed by atoms with E-state index in [0.717, 1.165) is 111 Å². The van der Waals surface area contributed by atoms with Gasteiger partial charge in [-0.1, -0.05) is 93.8 Å². The number of nitrogens with one attached hydrogen (secondary N) is 2. The lowest BCUT2D eigenvalue weighted by atomic mass is 9.90. The first-order chi connectivity index (χ1) is 58.6. The number of carbonyl (C=O) groups excluding carboxylic acids is 7. The summed E-state index contributed by atoms with van der Waals surface area (Å²) >= 11 is 3.01. The van der Waals surface area contributed by atoms with E-state index in [-0.39, 0.29) is 99.9 Å². The van der Waals surface area contributed by atoms with Crippen molar-refractivity contribution in [3.05, 3.63) is 120 Å². The molecule has 8 heterocycles. The lowest BCUT2D eigenvalue weighted by molar-refractivity contribution is -0.159. The number of carbonyl (C=O) groups is 7. The molecule has 4 saturated carbocycles. The molecule has 4 N–H and O–H groups in total. The van der Waals surface area contributed by atoms with Crippen molar-refractivity contribution < 1.29 is 74.1 Å². The Labute approximate surface area is 734 Å². The molecule has 0 bridgehead atoms. The van der Waals surface area contributed by atoms with E-state index in [9.17, 15) is 50.4 Å². The third-order valence-corrected chi connectivity index (χ3v) is 32.0. The summed E-state index contributed by atoms with van der Waals surface area (Å²) in [6, 6.07) is 25.2. The highest BCUT2D eigenvalue weighted by molar-refractivity contribution is 7.92. The maximum Gasteiger partial charge on any atom is 0.307 e. The molecule has 0 spiro atoms. The number of hydrogen-bond donors (Lipinski definition) is 3. The van der Waals surface area contributed by atoms with E-state index in [4.69, 9.17) is 49.4 Å². The molecular weight excluding hydrogens is 1660 g/mol. The van der Waals surface area contributed by atoms with E-state index in [0.29, 0.717) is 80.8 Å². The van der Waals surface area contributed by atoms with Gasteiger partial charge in [0.05, 0.1) is 94.6 Å². The molecular formula is C93H117N11O16S4. The molecule has 4 aromatic heterocycles. The van der Waals surface area contributed by atoms with Gasteiger partial charge in [0.2, 0.25) is 43.7 Å². The van der Waals surface area contributed by atoms with Gasteiger partial charge in [-0.2, -0.15) is 9.97 Å². The van der Waals surface area contributed by atoms with E-state index in [1.54, 1.807) is 48.8 Å². The number of fused-ring (bicyclic) bond motifs is 6. The predicted octanol–water partition coefficient (Wildman–Crippen LogP) is 15.8. The number of thiazole rings is 2. The van der Waals surface area contributed by atoms with Crippen LogP contribution in [-0.4, -0.2) is 170 Å². The van der Waals surface area contributed by atoms with Crippen LogP contribution in [0.2, 0.25) is 0 Å². The van der Waals surface area contributed by atoms with Gasteiger partial charge in [0, 0.05) is 76.7 Å². The lowest BCUT2D eigenvalue weighted by Crippen LogP contribution is -2.50. The van der Waals surface area contributed by atoms with E-state index >= 15 is 0 Å². The van der Waals surface area contributed by atoms with Crippen LogP contribution in [0.1, 0.15) is 217 Å². The first-order valence-electron chi connectivity index (χ1n) is 43.2. The molecule has 10 atom stereocenters. The SMILES string of the molecule is C.COc1ccccc1-c1csc(-c2cccc3c2nc(O[C@@H]2C[C@H]4C(=O)C[C@]5(C(=O)NS(=O)(=O)C6(C)CC6)C[C@H]5/C=C\CCCCC[C@H](CC(=O)OC(C)(C)C)C(=O)N4C2)n3C(C)C)n1.COc1ccccc1-c1csc(-c2cccc3c2nc(O[C@@H]2C[C@H]4C(=O)C[C@]5(C(=O)NS(=O)(=O)C6(C)CC6)C[C@H]5/C=C\CCCCC[C@H](N)C(=O)N4C2)n3C(C)C)n1. The second-order valence-corrected chi connectivity index (χ2v) is 42.8. The highest BCUT2D eigenvalue weighted by atomic mass is 32.2. The number of aromatic nitrogens is 6. The number of amides is 4. The Balaban J connectivity index is 0.000000201. The molecule has 8 aromatic rings. The molecule has 16 rings (SSSR count). The molecule has 4 aromatic carbocycles. The number of benzene rings is 4. The topological polar surface area (TPSA) is 352 Å². The van der Waals surface area contributed by atoms with Crippen molar-refractivity contribution in [3.8, 4) is 67.2 Å². The molecule has 6 fully saturated rings. The zero-order valence-corrected chi connectivity index (χ0v) is 75.2. The quantitative estimate of drug-likeness (QED) is 0.0471. The summed E-state index contributed by atoms with van der Waals surface area (Å²) in [7, 11) is -4.61. The van der Waals surface area contributed by atoms with E-state index in [1.165, 1.54) is 32.5 Å². The van der Waals surface area contributed by atoms with Crippen LogP contribution in [0.25, 0.3) is 65.7 Å². The van der Waals surface area contributed by atoms with E-state index in [2.05, 4.69) is 9.44 Å². The van der Waals surface area contributed by atoms with Gasteiger partial charge in [0.25, 0.3) is 12.0 Å². The Kier molecular flexibility index (Phi) is 26.3. The van der Waals surface area contributed by atoms with Gasteiger partial charge < -0.3 is 39.2 Å². The van der Waals surface area contributed by atoms with E-state index in [1.807, 2.05) is 157 Å². The van der Waals surface area contributed by atoms with Crippen LogP contribution in [-0.2, 0) is 58.3 Å². The highest BCUT2D eigenvalue weighted by Gasteiger charge is 2.65. The largest absolute Gasteiger partial charge is 0.496 e. The van der Waals surface area contributed by atoms with Crippen molar-refractivity contribution in [2.24, 2.45) is 34.3 Å². The fraction of sp³-hybridized carbons (Fsp3) is 0.538. The molecule has 4 aliphatic heterocycles. The van der Waals surface area contributed by atoms with Crippen molar-refractivity contribution in [2.75, 3.05) is 27.3 Å². The Morgan fingerprint density at radius 3 is 1.40 bits per heavy atom. The molecule has 31 heteroatoms. The van der Waals surface area contributed by atoms with Crippen LogP contribution in [0.3, 0.4) is 0 Å². The van der Waals surface area contributed by atoms with Crippen molar-refractivity contribution in [2.45, 2.75) is 262 Å². The Bertz CT molecular complexity index is 5690. The lowest BCUT2D eigenvalue weighted by Gasteiger charge is -2.29. The van der Waals surface area contributed by atoms with Crippen LogP contribution in [0.5, 0.6) is 23.5 Å². The van der Waals surface area contributed by atoms with Crippen molar-refractivity contribution in [1.29, 1.82) is 0 Å². The van der Waals surface area contributed by atoms with Gasteiger partial charge in [-0.15, -0.1) is 22.7 Å². The average Bonchev–Trinajstić information content (AvgIpc) is 1.54. The predicted molar refractivity (Wildman–Crippen MR) is 478 cm³/mol. The van der Waals surface area contributed by atoms with Crippen LogP contribution in [0.4, 0.5) is 0 Å². The van der Waals surface area contributed by atoms with E-state index < -0.39 is 100 Å². The monoisotopic (exact) mass is 1770 g/mol. The maximum atomic E-state index is 14.9. The van der Waals surface area contributed by atoms with Gasteiger partial charge in [-0.05, 0) is 200 Å². The number of para-hydroxylation sites is 4. The van der Waals surface area contributed by atoms with Gasteiger partial charge in [-0.25, -0.2) is 26.8 Å². The number of methoxy groups -OCH3 is 2. The number of esters is 1. The van der Waals surface area contributed by atoms with Crippen LogP contribution in [0, 0.1) is 28.6 Å². The molecule has 4 amide bonds.